The topological polar surface area (TPSA) is 18.5 Å². The Morgan fingerprint density at radius 1 is 0.333 bits per heavy atom. The van der Waals surface area contributed by atoms with Crippen molar-refractivity contribution in [3.63, 3.8) is 0 Å². The van der Waals surface area contributed by atoms with Gasteiger partial charge in [0, 0.05) is 10.8 Å². The largest absolute Gasteiger partial charge is 0.218 e. The SMILES string of the molecule is CC(C)(C)C(OOC(c1ccccc1)(c1ccccc1)C(C)(C)C)(c1ccccc1)c1ccccc1. The fourth-order valence-corrected chi connectivity index (χ4v) is 5.32. The molecule has 0 unspecified atom stereocenters. The van der Waals surface area contributed by atoms with Gasteiger partial charge in [0.1, 0.15) is 0 Å². The quantitative estimate of drug-likeness (QED) is 0.195. The van der Waals surface area contributed by atoms with Gasteiger partial charge in [-0.3, -0.25) is 0 Å². The van der Waals surface area contributed by atoms with Gasteiger partial charge in [-0.15, -0.1) is 0 Å². The number of benzene rings is 4. The van der Waals surface area contributed by atoms with Crippen LogP contribution in [0.4, 0.5) is 0 Å². The van der Waals surface area contributed by atoms with Crippen LogP contribution in [-0.4, -0.2) is 0 Å². The molecule has 0 amide bonds. The molecule has 0 atom stereocenters. The van der Waals surface area contributed by atoms with Gasteiger partial charge in [0.15, 0.2) is 11.2 Å². The van der Waals surface area contributed by atoms with Crippen LogP contribution in [0, 0.1) is 10.8 Å². The first-order valence-corrected chi connectivity index (χ1v) is 12.7. The average Bonchev–Trinajstić information content (AvgIpc) is 2.87. The van der Waals surface area contributed by atoms with Crippen LogP contribution in [0.5, 0.6) is 0 Å². The van der Waals surface area contributed by atoms with Crippen LogP contribution in [0.2, 0.25) is 0 Å². The smallest absolute Gasteiger partial charge is 0.158 e. The molecule has 186 valence electrons. The first-order chi connectivity index (χ1) is 17.1. The Kier molecular flexibility index (Phi) is 7.22. The van der Waals surface area contributed by atoms with Crippen molar-refractivity contribution in [3.05, 3.63) is 144 Å². The van der Waals surface area contributed by atoms with Crippen LogP contribution in [0.15, 0.2) is 121 Å². The molecule has 0 saturated carbocycles. The van der Waals surface area contributed by atoms with Crippen LogP contribution in [-0.2, 0) is 21.0 Å². The molecule has 2 heteroatoms. The Bertz CT molecular complexity index is 1040. The summed E-state index contributed by atoms with van der Waals surface area (Å²) in [5, 5.41) is 0. The van der Waals surface area contributed by atoms with Crippen molar-refractivity contribution in [2.75, 3.05) is 0 Å². The Morgan fingerprint density at radius 3 is 0.694 bits per heavy atom. The van der Waals surface area contributed by atoms with Gasteiger partial charge in [-0.25, -0.2) is 9.78 Å². The van der Waals surface area contributed by atoms with Crippen molar-refractivity contribution < 1.29 is 9.78 Å². The Hall–Kier alpha value is -3.20. The maximum atomic E-state index is 6.97. The van der Waals surface area contributed by atoms with Gasteiger partial charge >= 0.3 is 0 Å². The second-order valence-corrected chi connectivity index (χ2v) is 11.5. The molecule has 0 bridgehead atoms. The molecule has 0 heterocycles. The number of hydrogen-bond acceptors (Lipinski definition) is 2. The van der Waals surface area contributed by atoms with E-state index in [-0.39, 0.29) is 10.8 Å². The van der Waals surface area contributed by atoms with E-state index in [9.17, 15) is 0 Å². The van der Waals surface area contributed by atoms with Gasteiger partial charge in [-0.2, -0.15) is 0 Å². The van der Waals surface area contributed by atoms with Crippen LogP contribution in [0.1, 0.15) is 63.8 Å². The molecule has 0 spiro atoms. The molecule has 0 N–H and O–H groups in total. The first-order valence-electron chi connectivity index (χ1n) is 12.7. The third-order valence-corrected chi connectivity index (χ3v) is 7.13. The molecular weight excluding hydrogens is 440 g/mol. The van der Waals surface area contributed by atoms with Crippen molar-refractivity contribution in [1.29, 1.82) is 0 Å². The third kappa shape index (κ3) is 4.52. The van der Waals surface area contributed by atoms with Gasteiger partial charge in [-0.1, -0.05) is 163 Å². The van der Waals surface area contributed by atoms with E-state index in [0.29, 0.717) is 0 Å². The van der Waals surface area contributed by atoms with E-state index in [1.54, 1.807) is 0 Å². The second kappa shape index (κ2) is 10.0. The molecule has 0 fully saturated rings. The normalized spacial score (nSPS) is 12.9. The van der Waals surface area contributed by atoms with Crippen LogP contribution in [0.25, 0.3) is 0 Å². The predicted molar refractivity (Wildman–Crippen MR) is 148 cm³/mol. The van der Waals surface area contributed by atoms with Gasteiger partial charge in [0.2, 0.25) is 0 Å². The summed E-state index contributed by atoms with van der Waals surface area (Å²) in [6.07, 6.45) is 0. The Balaban J connectivity index is 1.98. The van der Waals surface area contributed by atoms with Crippen molar-refractivity contribution in [1.82, 2.24) is 0 Å². The summed E-state index contributed by atoms with van der Waals surface area (Å²) >= 11 is 0. The van der Waals surface area contributed by atoms with Crippen molar-refractivity contribution in [3.8, 4) is 0 Å². The molecule has 0 saturated heterocycles. The highest BCUT2D eigenvalue weighted by atomic mass is 17.2. The fourth-order valence-electron chi connectivity index (χ4n) is 5.32. The summed E-state index contributed by atoms with van der Waals surface area (Å²) in [6.45, 7) is 13.3. The highest BCUT2D eigenvalue weighted by molar-refractivity contribution is 5.41. The molecule has 0 aliphatic rings. The summed E-state index contributed by atoms with van der Waals surface area (Å²) in [5.41, 5.74) is 1.78. The highest BCUT2D eigenvalue weighted by Crippen LogP contribution is 2.53. The molecule has 2 nitrogen and oxygen atoms in total. The Labute approximate surface area is 216 Å². The molecule has 0 aliphatic carbocycles. The minimum absolute atomic E-state index is 0.341. The van der Waals surface area contributed by atoms with Crippen LogP contribution in [0.3, 0.4) is 0 Å². The maximum Gasteiger partial charge on any atom is 0.158 e. The van der Waals surface area contributed by atoms with Gasteiger partial charge < -0.3 is 0 Å². The lowest BCUT2D eigenvalue weighted by Crippen LogP contribution is -2.50. The molecule has 0 radical (unpaired) electrons. The fraction of sp³-hybridized carbons (Fsp3) is 0.294. The number of rotatable bonds is 7. The Morgan fingerprint density at radius 2 is 0.528 bits per heavy atom. The van der Waals surface area contributed by atoms with Crippen molar-refractivity contribution in [2.45, 2.75) is 52.7 Å². The summed E-state index contributed by atoms with van der Waals surface area (Å²) in [7, 11) is 0. The summed E-state index contributed by atoms with van der Waals surface area (Å²) < 4.78 is 0. The zero-order valence-corrected chi connectivity index (χ0v) is 22.4. The average molecular weight is 479 g/mol. The van der Waals surface area contributed by atoms with Gasteiger partial charge in [0.05, 0.1) is 0 Å². The maximum absolute atomic E-state index is 6.97. The first kappa shape index (κ1) is 25.9. The van der Waals surface area contributed by atoms with Crippen LogP contribution >= 0.6 is 0 Å². The van der Waals surface area contributed by atoms with E-state index in [0.717, 1.165) is 22.3 Å². The molecule has 0 aromatic heterocycles. The van der Waals surface area contributed by atoms with Gasteiger partial charge in [-0.05, 0) is 22.3 Å². The lowest BCUT2D eigenvalue weighted by atomic mass is 9.67. The van der Waals surface area contributed by atoms with E-state index < -0.39 is 11.2 Å². The highest BCUT2D eigenvalue weighted by Gasteiger charge is 2.53. The lowest BCUT2D eigenvalue weighted by molar-refractivity contribution is -0.437. The summed E-state index contributed by atoms with van der Waals surface area (Å²) in [4.78, 5) is 13.9. The van der Waals surface area contributed by atoms with Crippen molar-refractivity contribution in [2.24, 2.45) is 10.8 Å². The zero-order chi connectivity index (χ0) is 25.9. The second-order valence-electron chi connectivity index (χ2n) is 11.5. The van der Waals surface area contributed by atoms with E-state index in [4.69, 9.17) is 9.78 Å². The van der Waals surface area contributed by atoms with E-state index >= 15 is 0 Å². The number of hydrogen-bond donors (Lipinski definition) is 0. The zero-order valence-electron chi connectivity index (χ0n) is 22.4. The molecule has 36 heavy (non-hydrogen) atoms. The summed E-state index contributed by atoms with van der Waals surface area (Å²) in [5.74, 6) is 0. The third-order valence-electron chi connectivity index (χ3n) is 7.13. The van der Waals surface area contributed by atoms with E-state index in [1.165, 1.54) is 0 Å². The molecular formula is C34H38O2. The minimum atomic E-state index is -0.865. The molecule has 4 rings (SSSR count). The lowest BCUT2D eigenvalue weighted by Gasteiger charge is -2.49. The monoisotopic (exact) mass is 478 g/mol. The van der Waals surface area contributed by atoms with Crippen LogP contribution < -0.4 is 0 Å². The molecule has 0 aliphatic heterocycles. The minimum Gasteiger partial charge on any atom is -0.218 e. The summed E-state index contributed by atoms with van der Waals surface area (Å²) in [6, 6.07) is 41.7. The van der Waals surface area contributed by atoms with Gasteiger partial charge in [0.25, 0.3) is 0 Å². The molecule has 4 aromatic carbocycles. The standard InChI is InChI=1S/C34H38O2/c1-31(2,3)33(27-19-11-7-12-20-27,28-21-13-8-14-22-28)35-36-34(32(4,5)6,29-23-15-9-16-24-29)30-25-17-10-18-26-30/h7-26H,1-6H3. The van der Waals surface area contributed by atoms with E-state index in [1.807, 2.05) is 24.3 Å². The molecule has 4 aromatic rings. The van der Waals surface area contributed by atoms with E-state index in [2.05, 4.69) is 139 Å². The van der Waals surface area contributed by atoms with Crippen molar-refractivity contribution >= 4 is 0 Å². The predicted octanol–water partition coefficient (Wildman–Crippen LogP) is 8.91.